The molecule has 3 rings (SSSR count). The minimum atomic E-state index is 0.216. The highest BCUT2D eigenvalue weighted by Gasteiger charge is 2.25. The molecule has 0 aromatic heterocycles. The fourth-order valence-electron chi connectivity index (χ4n) is 4.07. The van der Waals surface area contributed by atoms with Crippen LogP contribution in [0.3, 0.4) is 0 Å². The largest absolute Gasteiger partial charge is 0.495 e. The van der Waals surface area contributed by atoms with Crippen molar-refractivity contribution in [1.29, 1.82) is 0 Å². The maximum Gasteiger partial charge on any atom is 0.136 e. The van der Waals surface area contributed by atoms with Crippen LogP contribution >= 0.6 is 0 Å². The van der Waals surface area contributed by atoms with Crippen LogP contribution < -0.4 is 9.47 Å². The Kier molecular flexibility index (Phi) is 8.68. The Morgan fingerprint density at radius 3 is 1.66 bits per heavy atom. The van der Waals surface area contributed by atoms with Gasteiger partial charge in [0.05, 0.1) is 25.3 Å². The molecule has 0 N–H and O–H groups in total. The number of methoxy groups -OCH3 is 2. The van der Waals surface area contributed by atoms with Gasteiger partial charge in [-0.15, -0.1) is 5.92 Å². The highest BCUT2D eigenvalue weighted by molar-refractivity contribution is 5.59. The van der Waals surface area contributed by atoms with Crippen LogP contribution in [0.5, 0.6) is 11.5 Å². The van der Waals surface area contributed by atoms with E-state index in [0.717, 1.165) is 29.5 Å². The van der Waals surface area contributed by atoms with Crippen molar-refractivity contribution in [3.05, 3.63) is 94.0 Å². The number of rotatable bonds is 6. The molecule has 0 bridgehead atoms. The highest BCUT2D eigenvalue weighted by atomic mass is 16.5. The molecule has 1 atom stereocenters. The Bertz CT molecular complexity index is 1250. The van der Waals surface area contributed by atoms with Crippen molar-refractivity contribution in [2.24, 2.45) is 11.3 Å². The third-order valence-corrected chi connectivity index (χ3v) is 6.39. The van der Waals surface area contributed by atoms with Crippen LogP contribution in [0.4, 0.5) is 0 Å². The van der Waals surface area contributed by atoms with Gasteiger partial charge in [0.2, 0.25) is 0 Å². The smallest absolute Gasteiger partial charge is 0.136 e. The summed E-state index contributed by atoms with van der Waals surface area (Å²) in [5.41, 5.74) is 6.80. The SMILES string of the molecule is CC#Cc1cc(OC)c(C#Cc2ccc(CC(Cc3ccc(C)cc3)C(C)(C)C)cc2)cc1OC. The van der Waals surface area contributed by atoms with E-state index in [1.54, 1.807) is 21.1 Å². The lowest BCUT2D eigenvalue weighted by Crippen LogP contribution is -2.25. The van der Waals surface area contributed by atoms with Crippen LogP contribution in [0, 0.1) is 41.9 Å². The van der Waals surface area contributed by atoms with E-state index in [0.29, 0.717) is 17.4 Å². The second kappa shape index (κ2) is 11.7. The maximum absolute atomic E-state index is 5.54. The first-order chi connectivity index (χ1) is 16.7. The van der Waals surface area contributed by atoms with Gasteiger partial charge in [-0.25, -0.2) is 0 Å². The van der Waals surface area contributed by atoms with Crippen LogP contribution in [0.25, 0.3) is 0 Å². The van der Waals surface area contributed by atoms with Crippen LogP contribution in [-0.2, 0) is 12.8 Å². The zero-order valence-corrected chi connectivity index (χ0v) is 22.1. The molecule has 0 aliphatic carbocycles. The number of benzene rings is 3. The Morgan fingerprint density at radius 2 is 1.20 bits per heavy atom. The summed E-state index contributed by atoms with van der Waals surface area (Å²) in [6, 6.07) is 21.3. The van der Waals surface area contributed by atoms with Crippen LogP contribution in [0.15, 0.2) is 60.7 Å². The zero-order valence-electron chi connectivity index (χ0n) is 22.1. The van der Waals surface area contributed by atoms with Gasteiger partial charge < -0.3 is 9.47 Å². The molecule has 3 aromatic rings. The van der Waals surface area contributed by atoms with E-state index in [1.807, 2.05) is 12.1 Å². The molecular weight excluding hydrogens is 428 g/mol. The predicted octanol–water partition coefficient (Wildman–Crippen LogP) is 7.23. The lowest BCUT2D eigenvalue weighted by Gasteiger charge is -2.31. The van der Waals surface area contributed by atoms with Crippen molar-refractivity contribution in [2.75, 3.05) is 14.2 Å². The molecule has 0 aliphatic heterocycles. The van der Waals surface area contributed by atoms with E-state index < -0.39 is 0 Å². The third-order valence-electron chi connectivity index (χ3n) is 6.39. The molecule has 0 amide bonds. The average molecular weight is 465 g/mol. The molecule has 0 spiro atoms. The molecule has 0 saturated heterocycles. The minimum Gasteiger partial charge on any atom is -0.495 e. The van der Waals surface area contributed by atoms with E-state index in [4.69, 9.17) is 9.47 Å². The van der Waals surface area contributed by atoms with Crippen LogP contribution in [-0.4, -0.2) is 14.2 Å². The molecule has 0 radical (unpaired) electrons. The van der Waals surface area contributed by atoms with Gasteiger partial charge in [0.15, 0.2) is 0 Å². The normalized spacial score (nSPS) is 11.5. The van der Waals surface area contributed by atoms with Gasteiger partial charge in [0.1, 0.15) is 11.5 Å². The molecule has 0 heterocycles. The molecular formula is C33H36O2. The Hall–Kier alpha value is -3.62. The topological polar surface area (TPSA) is 18.5 Å². The molecule has 180 valence electrons. The van der Waals surface area contributed by atoms with Gasteiger partial charge in [-0.05, 0) is 61.3 Å². The molecule has 0 fully saturated rings. The fraction of sp³-hybridized carbons (Fsp3) is 0.333. The van der Waals surface area contributed by atoms with Gasteiger partial charge in [-0.2, -0.15) is 0 Å². The molecule has 2 nitrogen and oxygen atoms in total. The average Bonchev–Trinajstić information content (AvgIpc) is 2.84. The number of aryl methyl sites for hydroxylation is 1. The van der Waals surface area contributed by atoms with Crippen LogP contribution in [0.2, 0.25) is 0 Å². The zero-order chi connectivity index (χ0) is 25.4. The van der Waals surface area contributed by atoms with Crippen molar-refractivity contribution in [2.45, 2.75) is 47.5 Å². The van der Waals surface area contributed by atoms with Gasteiger partial charge >= 0.3 is 0 Å². The van der Waals surface area contributed by atoms with Gasteiger partial charge in [0, 0.05) is 17.7 Å². The predicted molar refractivity (Wildman–Crippen MR) is 146 cm³/mol. The maximum atomic E-state index is 5.54. The number of ether oxygens (including phenoxy) is 2. The van der Waals surface area contributed by atoms with E-state index in [-0.39, 0.29) is 5.41 Å². The van der Waals surface area contributed by atoms with Crippen molar-refractivity contribution < 1.29 is 9.47 Å². The summed E-state index contributed by atoms with van der Waals surface area (Å²) < 4.78 is 11.0. The van der Waals surface area contributed by atoms with Crippen molar-refractivity contribution >= 4 is 0 Å². The number of hydrogen-bond acceptors (Lipinski definition) is 2. The summed E-state index contributed by atoms with van der Waals surface area (Å²) in [7, 11) is 3.29. The quantitative estimate of drug-likeness (QED) is 0.358. The standard InChI is InChI=1S/C33H36O2/c1-8-9-28-22-32(35-7)29(23-31(28)34-6)19-18-25-14-16-27(17-15-25)21-30(33(3,4)5)20-26-12-10-24(2)11-13-26/h10-17,22-23,30H,20-21H2,1-7H3. The van der Waals surface area contributed by atoms with Gasteiger partial charge in [-0.3, -0.25) is 0 Å². The Morgan fingerprint density at radius 1 is 0.714 bits per heavy atom. The molecule has 3 aromatic carbocycles. The van der Waals surface area contributed by atoms with E-state index in [1.165, 1.54) is 16.7 Å². The lowest BCUT2D eigenvalue weighted by molar-refractivity contribution is 0.237. The monoisotopic (exact) mass is 464 g/mol. The molecule has 0 aliphatic rings. The second-order valence-electron chi connectivity index (χ2n) is 10.0. The van der Waals surface area contributed by atoms with Crippen molar-refractivity contribution in [1.82, 2.24) is 0 Å². The minimum absolute atomic E-state index is 0.216. The molecule has 0 saturated carbocycles. The fourth-order valence-corrected chi connectivity index (χ4v) is 4.07. The summed E-state index contributed by atoms with van der Waals surface area (Å²) in [5.74, 6) is 14.4. The first kappa shape index (κ1) is 26.0. The summed E-state index contributed by atoms with van der Waals surface area (Å²) in [6.07, 6.45) is 2.11. The van der Waals surface area contributed by atoms with Gasteiger partial charge in [0.25, 0.3) is 0 Å². The van der Waals surface area contributed by atoms with E-state index in [2.05, 4.69) is 99.9 Å². The van der Waals surface area contributed by atoms with E-state index >= 15 is 0 Å². The number of hydrogen-bond donors (Lipinski definition) is 0. The molecule has 2 heteroatoms. The van der Waals surface area contributed by atoms with Crippen LogP contribution in [0.1, 0.15) is 61.1 Å². The summed E-state index contributed by atoms with van der Waals surface area (Å²) >= 11 is 0. The van der Waals surface area contributed by atoms with E-state index in [9.17, 15) is 0 Å². The summed E-state index contributed by atoms with van der Waals surface area (Å²) in [4.78, 5) is 0. The molecule has 35 heavy (non-hydrogen) atoms. The Labute approximate surface area is 211 Å². The second-order valence-corrected chi connectivity index (χ2v) is 10.0. The Balaban J connectivity index is 1.79. The first-order valence-corrected chi connectivity index (χ1v) is 12.1. The highest BCUT2D eigenvalue weighted by Crippen LogP contribution is 2.32. The van der Waals surface area contributed by atoms with Gasteiger partial charge in [-0.1, -0.05) is 80.5 Å². The molecule has 1 unspecified atom stereocenters. The third kappa shape index (κ3) is 7.18. The summed E-state index contributed by atoms with van der Waals surface area (Å²) in [6.45, 7) is 11.0. The lowest BCUT2D eigenvalue weighted by atomic mass is 9.74. The van der Waals surface area contributed by atoms with Crippen molar-refractivity contribution in [3.8, 4) is 35.2 Å². The summed E-state index contributed by atoms with van der Waals surface area (Å²) in [5, 5.41) is 0. The van der Waals surface area contributed by atoms with Crippen molar-refractivity contribution in [3.63, 3.8) is 0 Å². The first-order valence-electron chi connectivity index (χ1n) is 12.1.